The van der Waals surface area contributed by atoms with Crippen molar-refractivity contribution in [3.63, 3.8) is 0 Å². The van der Waals surface area contributed by atoms with Gasteiger partial charge in [0.1, 0.15) is 11.6 Å². The highest BCUT2D eigenvalue weighted by molar-refractivity contribution is 5.94. The summed E-state index contributed by atoms with van der Waals surface area (Å²) in [5, 5.41) is 5.99. The van der Waals surface area contributed by atoms with Crippen LogP contribution < -0.4 is 5.32 Å². The van der Waals surface area contributed by atoms with E-state index in [1.165, 1.54) is 14.2 Å². The molecule has 2 atom stereocenters. The van der Waals surface area contributed by atoms with Crippen LogP contribution in [0.25, 0.3) is 5.70 Å². The van der Waals surface area contributed by atoms with Crippen LogP contribution in [0.15, 0.2) is 42.1 Å². The largest absolute Gasteiger partial charge is 0.453 e. The Morgan fingerprint density at radius 2 is 1.97 bits per heavy atom. The molecule has 10 heteroatoms. The molecule has 2 amide bonds. The summed E-state index contributed by atoms with van der Waals surface area (Å²) in [5.74, 6) is -2.25. The van der Waals surface area contributed by atoms with Crippen LogP contribution in [0.1, 0.15) is 22.8 Å². The number of nitrogens with zero attached hydrogens (tertiary/aromatic N) is 3. The minimum absolute atomic E-state index is 0.0981. The minimum Gasteiger partial charge on any atom is -0.453 e. The first-order valence-corrected chi connectivity index (χ1v) is 10.6. The lowest BCUT2D eigenvalue weighted by atomic mass is 10.0. The molecule has 3 aliphatic heterocycles. The van der Waals surface area contributed by atoms with E-state index in [0.29, 0.717) is 18.8 Å². The standard InChI is InChI=1S/C23H26F2N4O4/c1-14-4-5-28-16(8-14)11-20(21-18(24)9-15(10-19(21)25)22(30)26-2)29(28)13-17-12-27(6-7-33-17)23(31)32-3/h4-5,8-11,16-17H,6-7,12-13H2,1-3H3,(H,26,30)/t16?,17-/m1/s1. The summed E-state index contributed by atoms with van der Waals surface area (Å²) in [6.07, 6.45) is 6.66. The number of carbonyl (C=O) groups excluding carboxylic acids is 2. The molecule has 4 rings (SSSR count). The fourth-order valence-corrected chi connectivity index (χ4v) is 4.25. The van der Waals surface area contributed by atoms with Crippen molar-refractivity contribution in [3.8, 4) is 0 Å². The molecule has 1 fully saturated rings. The van der Waals surface area contributed by atoms with Gasteiger partial charge in [-0.3, -0.25) is 14.8 Å². The van der Waals surface area contributed by atoms with Crippen LogP contribution in [0.3, 0.4) is 0 Å². The molecule has 1 saturated heterocycles. The molecule has 3 aliphatic rings. The number of nitrogens with one attached hydrogen (secondary N) is 1. The molecular weight excluding hydrogens is 434 g/mol. The van der Waals surface area contributed by atoms with Gasteiger partial charge in [0.05, 0.1) is 50.2 Å². The number of hydrogen-bond donors (Lipinski definition) is 1. The second-order valence-corrected chi connectivity index (χ2v) is 8.03. The van der Waals surface area contributed by atoms with Crippen molar-refractivity contribution < 1.29 is 27.8 Å². The van der Waals surface area contributed by atoms with Gasteiger partial charge in [-0.05, 0) is 31.2 Å². The van der Waals surface area contributed by atoms with Crippen LogP contribution in [-0.2, 0) is 9.47 Å². The Labute approximate surface area is 190 Å². The van der Waals surface area contributed by atoms with Gasteiger partial charge >= 0.3 is 6.09 Å². The Bertz CT molecular complexity index is 1030. The quantitative estimate of drug-likeness (QED) is 0.745. The van der Waals surface area contributed by atoms with Crippen LogP contribution in [0, 0.1) is 11.6 Å². The van der Waals surface area contributed by atoms with Gasteiger partial charge in [0.2, 0.25) is 0 Å². The first-order valence-electron chi connectivity index (χ1n) is 10.6. The van der Waals surface area contributed by atoms with E-state index in [1.54, 1.807) is 16.0 Å². The van der Waals surface area contributed by atoms with Gasteiger partial charge in [-0.2, -0.15) is 0 Å². The van der Waals surface area contributed by atoms with Crippen molar-refractivity contribution in [2.24, 2.45) is 0 Å². The van der Waals surface area contributed by atoms with Gasteiger partial charge in [-0.15, -0.1) is 0 Å². The molecular formula is C23H26F2N4O4. The average molecular weight is 460 g/mol. The second kappa shape index (κ2) is 9.22. The summed E-state index contributed by atoms with van der Waals surface area (Å²) in [5.41, 5.74) is 1.03. The van der Waals surface area contributed by atoms with E-state index >= 15 is 8.78 Å². The molecule has 3 heterocycles. The number of halogens is 2. The maximum atomic E-state index is 15.1. The summed E-state index contributed by atoms with van der Waals surface area (Å²) in [6, 6.07) is 1.82. The van der Waals surface area contributed by atoms with E-state index in [4.69, 9.17) is 9.47 Å². The molecule has 0 aliphatic carbocycles. The highest BCUT2D eigenvalue weighted by Gasteiger charge is 2.37. The number of ether oxygens (including phenoxy) is 2. The topological polar surface area (TPSA) is 74.4 Å². The normalized spacial score (nSPS) is 22.0. The lowest BCUT2D eigenvalue weighted by Gasteiger charge is -2.40. The molecule has 1 aromatic carbocycles. The smallest absolute Gasteiger partial charge is 0.409 e. The predicted octanol–water partition coefficient (Wildman–Crippen LogP) is 2.51. The summed E-state index contributed by atoms with van der Waals surface area (Å²) >= 11 is 0. The number of allylic oxidation sites excluding steroid dienone is 2. The first-order chi connectivity index (χ1) is 15.8. The van der Waals surface area contributed by atoms with Gasteiger partial charge in [0, 0.05) is 25.4 Å². The number of amides is 2. The lowest BCUT2D eigenvalue weighted by Crippen LogP contribution is -2.51. The van der Waals surface area contributed by atoms with Crippen molar-refractivity contribution >= 4 is 17.7 Å². The number of morpholine rings is 1. The zero-order valence-electron chi connectivity index (χ0n) is 18.7. The SMILES string of the molecule is CNC(=O)c1cc(F)c(C2=CC3C=C(C)C=CN3N2C[C@H]2CN(C(=O)OC)CCO2)c(F)c1. The Kier molecular flexibility index (Phi) is 6.37. The molecule has 0 aromatic heterocycles. The fraction of sp³-hybridized carbons (Fsp3) is 0.391. The first kappa shape index (κ1) is 22.8. The number of rotatable bonds is 4. The molecule has 33 heavy (non-hydrogen) atoms. The van der Waals surface area contributed by atoms with Crippen LogP contribution in [0.2, 0.25) is 0 Å². The zero-order chi connectivity index (χ0) is 23.7. The molecule has 0 saturated carbocycles. The average Bonchev–Trinajstić information content (AvgIpc) is 3.14. The number of methoxy groups -OCH3 is 1. The van der Waals surface area contributed by atoms with E-state index in [-0.39, 0.29) is 30.3 Å². The van der Waals surface area contributed by atoms with Crippen molar-refractivity contribution in [2.75, 3.05) is 40.4 Å². The minimum atomic E-state index is -0.838. The molecule has 8 nitrogen and oxygen atoms in total. The number of carbonyl (C=O) groups is 2. The van der Waals surface area contributed by atoms with Crippen LogP contribution in [0.4, 0.5) is 13.6 Å². The summed E-state index contributed by atoms with van der Waals surface area (Å²) in [7, 11) is 2.72. The second-order valence-electron chi connectivity index (χ2n) is 8.03. The molecule has 1 unspecified atom stereocenters. The zero-order valence-corrected chi connectivity index (χ0v) is 18.7. The van der Waals surface area contributed by atoms with E-state index in [9.17, 15) is 9.59 Å². The Balaban J connectivity index is 1.67. The number of fused-ring (bicyclic) bond motifs is 1. The number of hydrogen-bond acceptors (Lipinski definition) is 6. The summed E-state index contributed by atoms with van der Waals surface area (Å²) in [6.45, 7) is 3.22. The van der Waals surface area contributed by atoms with Crippen molar-refractivity contribution in [1.82, 2.24) is 20.2 Å². The Morgan fingerprint density at radius 1 is 1.24 bits per heavy atom. The number of hydrazine groups is 1. The van der Waals surface area contributed by atoms with E-state index in [0.717, 1.165) is 17.7 Å². The van der Waals surface area contributed by atoms with Gasteiger partial charge < -0.3 is 19.7 Å². The van der Waals surface area contributed by atoms with E-state index in [2.05, 4.69) is 5.32 Å². The van der Waals surface area contributed by atoms with E-state index < -0.39 is 29.7 Å². The molecule has 1 aromatic rings. The van der Waals surface area contributed by atoms with Gasteiger partial charge in [-0.25, -0.2) is 13.6 Å². The maximum absolute atomic E-state index is 15.1. The Morgan fingerprint density at radius 3 is 2.64 bits per heavy atom. The molecule has 0 radical (unpaired) electrons. The third kappa shape index (κ3) is 4.43. The van der Waals surface area contributed by atoms with Crippen molar-refractivity contribution in [1.29, 1.82) is 0 Å². The van der Waals surface area contributed by atoms with Crippen LogP contribution in [-0.4, -0.2) is 79.5 Å². The highest BCUT2D eigenvalue weighted by Crippen LogP contribution is 2.36. The highest BCUT2D eigenvalue weighted by atomic mass is 19.1. The Hall–Kier alpha value is -3.40. The summed E-state index contributed by atoms with van der Waals surface area (Å²) in [4.78, 5) is 25.4. The monoisotopic (exact) mass is 460 g/mol. The van der Waals surface area contributed by atoms with Gasteiger partial charge in [-0.1, -0.05) is 11.6 Å². The van der Waals surface area contributed by atoms with Crippen molar-refractivity contribution in [3.05, 3.63) is 64.9 Å². The van der Waals surface area contributed by atoms with E-state index in [1.807, 2.05) is 30.3 Å². The summed E-state index contributed by atoms with van der Waals surface area (Å²) < 4.78 is 40.9. The van der Waals surface area contributed by atoms with Crippen LogP contribution >= 0.6 is 0 Å². The molecule has 0 bridgehead atoms. The molecule has 176 valence electrons. The predicted molar refractivity (Wildman–Crippen MR) is 117 cm³/mol. The fourth-order valence-electron chi connectivity index (χ4n) is 4.25. The van der Waals surface area contributed by atoms with Gasteiger partial charge in [0.15, 0.2) is 0 Å². The third-order valence-corrected chi connectivity index (χ3v) is 5.85. The maximum Gasteiger partial charge on any atom is 0.409 e. The van der Waals surface area contributed by atoms with Gasteiger partial charge in [0.25, 0.3) is 5.91 Å². The molecule has 1 N–H and O–H groups in total. The number of benzene rings is 1. The molecule has 0 spiro atoms. The van der Waals surface area contributed by atoms with Crippen molar-refractivity contribution in [2.45, 2.75) is 19.1 Å². The van der Waals surface area contributed by atoms with Crippen LogP contribution in [0.5, 0.6) is 0 Å². The lowest BCUT2D eigenvalue weighted by molar-refractivity contribution is -0.0542. The third-order valence-electron chi connectivity index (χ3n) is 5.85.